The normalized spacial score (nSPS) is 18.2. The van der Waals surface area contributed by atoms with E-state index in [0.717, 1.165) is 19.8 Å². The summed E-state index contributed by atoms with van der Waals surface area (Å²) in [6, 6.07) is 0. The van der Waals surface area contributed by atoms with Crippen LogP contribution >= 0.6 is 0 Å². The molecular weight excluding hydrogens is 176 g/mol. The average molecular weight is 194 g/mol. The molecule has 0 spiro atoms. The van der Waals surface area contributed by atoms with Gasteiger partial charge in [-0.25, -0.2) is 0 Å². The Bertz CT molecular complexity index is 307. The lowest BCUT2D eigenvalue weighted by atomic mass is 9.90. The Balaban J connectivity index is 2.02. The van der Waals surface area contributed by atoms with Gasteiger partial charge in [-0.2, -0.15) is 5.10 Å². The standard InChI is InChI=1S/C11H18N2O/c1-11(2,3)10-4-12-13(6-10)5-9-7-14-8-9/h4,6,9H,5,7-8H2,1-3H3. The zero-order chi connectivity index (χ0) is 10.2. The molecule has 2 heterocycles. The molecule has 0 atom stereocenters. The smallest absolute Gasteiger partial charge is 0.0534 e. The summed E-state index contributed by atoms with van der Waals surface area (Å²) in [4.78, 5) is 0. The zero-order valence-electron chi connectivity index (χ0n) is 9.16. The third kappa shape index (κ3) is 1.98. The number of hydrogen-bond donors (Lipinski definition) is 0. The average Bonchev–Trinajstić information content (AvgIpc) is 2.43. The number of ether oxygens (including phenoxy) is 1. The van der Waals surface area contributed by atoms with Gasteiger partial charge in [-0.05, 0) is 11.0 Å². The largest absolute Gasteiger partial charge is 0.381 e. The van der Waals surface area contributed by atoms with Crippen LogP contribution in [0.5, 0.6) is 0 Å². The zero-order valence-corrected chi connectivity index (χ0v) is 9.16. The SMILES string of the molecule is CC(C)(C)c1cnn(CC2COC2)c1. The van der Waals surface area contributed by atoms with E-state index in [2.05, 4.69) is 32.1 Å². The molecule has 0 saturated carbocycles. The third-order valence-corrected chi connectivity index (χ3v) is 2.65. The molecule has 1 saturated heterocycles. The van der Waals surface area contributed by atoms with Crippen molar-refractivity contribution in [1.82, 2.24) is 9.78 Å². The molecule has 0 aromatic carbocycles. The van der Waals surface area contributed by atoms with Crippen molar-refractivity contribution >= 4 is 0 Å². The molecule has 14 heavy (non-hydrogen) atoms. The van der Waals surface area contributed by atoms with Crippen LogP contribution in [0.15, 0.2) is 12.4 Å². The molecule has 0 unspecified atom stereocenters. The summed E-state index contributed by atoms with van der Waals surface area (Å²) in [5.74, 6) is 0.669. The molecular formula is C11H18N2O. The van der Waals surface area contributed by atoms with Gasteiger partial charge in [0.25, 0.3) is 0 Å². The van der Waals surface area contributed by atoms with E-state index in [0.29, 0.717) is 5.92 Å². The van der Waals surface area contributed by atoms with E-state index in [-0.39, 0.29) is 5.41 Å². The second kappa shape index (κ2) is 3.39. The van der Waals surface area contributed by atoms with Crippen molar-refractivity contribution in [2.45, 2.75) is 32.7 Å². The molecule has 1 aromatic heterocycles. The van der Waals surface area contributed by atoms with Crippen LogP contribution in [0.3, 0.4) is 0 Å². The topological polar surface area (TPSA) is 27.1 Å². The lowest BCUT2D eigenvalue weighted by molar-refractivity contribution is -0.0408. The first kappa shape index (κ1) is 9.71. The van der Waals surface area contributed by atoms with E-state index in [1.54, 1.807) is 0 Å². The number of aromatic nitrogens is 2. The second-order valence-corrected chi connectivity index (χ2v) is 5.10. The van der Waals surface area contributed by atoms with Crippen LogP contribution in [-0.4, -0.2) is 23.0 Å². The fourth-order valence-electron chi connectivity index (χ4n) is 1.51. The molecule has 0 amide bonds. The Morgan fingerprint density at radius 1 is 1.50 bits per heavy atom. The summed E-state index contributed by atoms with van der Waals surface area (Å²) < 4.78 is 7.18. The Morgan fingerprint density at radius 2 is 2.21 bits per heavy atom. The highest BCUT2D eigenvalue weighted by atomic mass is 16.5. The van der Waals surface area contributed by atoms with E-state index in [4.69, 9.17) is 4.74 Å². The van der Waals surface area contributed by atoms with Gasteiger partial charge in [0.05, 0.1) is 19.4 Å². The van der Waals surface area contributed by atoms with Crippen molar-refractivity contribution in [2.75, 3.05) is 13.2 Å². The van der Waals surface area contributed by atoms with E-state index >= 15 is 0 Å². The molecule has 2 rings (SSSR count). The minimum Gasteiger partial charge on any atom is -0.381 e. The van der Waals surface area contributed by atoms with Crippen molar-refractivity contribution < 1.29 is 4.74 Å². The monoisotopic (exact) mass is 194 g/mol. The van der Waals surface area contributed by atoms with Crippen LogP contribution in [0, 0.1) is 5.92 Å². The lowest BCUT2D eigenvalue weighted by Gasteiger charge is -2.25. The summed E-state index contributed by atoms with van der Waals surface area (Å²) in [5.41, 5.74) is 1.51. The van der Waals surface area contributed by atoms with E-state index in [1.807, 2.05) is 10.9 Å². The second-order valence-electron chi connectivity index (χ2n) is 5.10. The highest BCUT2D eigenvalue weighted by Gasteiger charge is 2.20. The Morgan fingerprint density at radius 3 is 2.64 bits per heavy atom. The van der Waals surface area contributed by atoms with Gasteiger partial charge in [0.15, 0.2) is 0 Å². The van der Waals surface area contributed by atoms with Crippen LogP contribution in [0.4, 0.5) is 0 Å². The highest BCUT2D eigenvalue weighted by Crippen LogP contribution is 2.21. The van der Waals surface area contributed by atoms with Gasteiger partial charge in [0, 0.05) is 18.7 Å². The van der Waals surface area contributed by atoms with Gasteiger partial charge < -0.3 is 4.74 Å². The predicted octanol–water partition coefficient (Wildman–Crippen LogP) is 1.83. The van der Waals surface area contributed by atoms with E-state index < -0.39 is 0 Å². The van der Waals surface area contributed by atoms with Crippen molar-refractivity contribution in [3.8, 4) is 0 Å². The Kier molecular flexibility index (Phi) is 2.35. The first-order chi connectivity index (χ1) is 6.55. The molecule has 3 nitrogen and oxygen atoms in total. The van der Waals surface area contributed by atoms with E-state index in [1.165, 1.54) is 5.56 Å². The molecule has 1 aliphatic heterocycles. The van der Waals surface area contributed by atoms with Gasteiger partial charge in [-0.15, -0.1) is 0 Å². The molecule has 0 N–H and O–H groups in total. The van der Waals surface area contributed by atoms with E-state index in [9.17, 15) is 0 Å². The van der Waals surface area contributed by atoms with Crippen LogP contribution in [0.2, 0.25) is 0 Å². The number of nitrogens with zero attached hydrogens (tertiary/aromatic N) is 2. The van der Waals surface area contributed by atoms with Gasteiger partial charge in [0.2, 0.25) is 0 Å². The molecule has 0 aliphatic carbocycles. The number of rotatable bonds is 2. The van der Waals surface area contributed by atoms with Crippen LogP contribution in [0.1, 0.15) is 26.3 Å². The van der Waals surface area contributed by atoms with Crippen LogP contribution < -0.4 is 0 Å². The first-order valence-electron chi connectivity index (χ1n) is 5.16. The molecule has 1 aliphatic rings. The van der Waals surface area contributed by atoms with Crippen molar-refractivity contribution in [3.63, 3.8) is 0 Å². The van der Waals surface area contributed by atoms with Gasteiger partial charge in [-0.1, -0.05) is 20.8 Å². The lowest BCUT2D eigenvalue weighted by Crippen LogP contribution is -2.31. The van der Waals surface area contributed by atoms with Crippen LogP contribution in [-0.2, 0) is 16.7 Å². The molecule has 3 heteroatoms. The Hall–Kier alpha value is -0.830. The van der Waals surface area contributed by atoms with Crippen molar-refractivity contribution in [2.24, 2.45) is 5.92 Å². The summed E-state index contributed by atoms with van der Waals surface area (Å²) in [6.07, 6.45) is 4.12. The highest BCUT2D eigenvalue weighted by molar-refractivity contribution is 5.15. The summed E-state index contributed by atoms with van der Waals surface area (Å²) in [5, 5.41) is 4.37. The summed E-state index contributed by atoms with van der Waals surface area (Å²) in [6.45, 7) is 9.41. The maximum Gasteiger partial charge on any atom is 0.0534 e. The summed E-state index contributed by atoms with van der Waals surface area (Å²) in [7, 11) is 0. The molecule has 0 bridgehead atoms. The maximum atomic E-state index is 5.14. The fraction of sp³-hybridized carbons (Fsp3) is 0.727. The van der Waals surface area contributed by atoms with Crippen LogP contribution in [0.25, 0.3) is 0 Å². The number of hydrogen-bond acceptors (Lipinski definition) is 2. The molecule has 1 fully saturated rings. The quantitative estimate of drug-likeness (QED) is 0.718. The van der Waals surface area contributed by atoms with Crippen molar-refractivity contribution in [1.29, 1.82) is 0 Å². The molecule has 1 aromatic rings. The Labute approximate surface area is 85.1 Å². The minimum atomic E-state index is 0.203. The predicted molar refractivity (Wildman–Crippen MR) is 55.2 cm³/mol. The summed E-state index contributed by atoms with van der Waals surface area (Å²) >= 11 is 0. The molecule has 78 valence electrons. The molecule has 0 radical (unpaired) electrons. The minimum absolute atomic E-state index is 0.203. The van der Waals surface area contributed by atoms with Crippen molar-refractivity contribution in [3.05, 3.63) is 18.0 Å². The first-order valence-corrected chi connectivity index (χ1v) is 5.16. The fourth-order valence-corrected chi connectivity index (χ4v) is 1.51. The maximum absolute atomic E-state index is 5.14. The van der Waals surface area contributed by atoms with Gasteiger partial charge in [-0.3, -0.25) is 4.68 Å². The van der Waals surface area contributed by atoms with Gasteiger partial charge >= 0.3 is 0 Å². The third-order valence-electron chi connectivity index (χ3n) is 2.65. The van der Waals surface area contributed by atoms with Gasteiger partial charge in [0.1, 0.15) is 0 Å².